The number of ether oxygens (including phenoxy) is 2. The number of esters is 1. The average Bonchev–Trinajstić information content (AvgIpc) is 3.21. The van der Waals surface area contributed by atoms with Gasteiger partial charge in [-0.1, -0.05) is 80.0 Å². The van der Waals surface area contributed by atoms with Crippen LogP contribution in [0.1, 0.15) is 40.9 Å². The smallest absolute Gasteiger partial charge is 0.340 e. The van der Waals surface area contributed by atoms with E-state index in [1.54, 1.807) is 0 Å². The molecule has 0 atom stereocenters. The summed E-state index contributed by atoms with van der Waals surface area (Å²) in [4.78, 5) is 13.5. The van der Waals surface area contributed by atoms with Crippen molar-refractivity contribution in [2.75, 3.05) is 18.1 Å². The van der Waals surface area contributed by atoms with E-state index in [1.807, 2.05) is 91.0 Å². The van der Waals surface area contributed by atoms with Gasteiger partial charge >= 0.3 is 5.97 Å². The van der Waals surface area contributed by atoms with E-state index in [0.29, 0.717) is 22.1 Å². The van der Waals surface area contributed by atoms with Gasteiger partial charge in [0, 0.05) is 29.8 Å². The zero-order chi connectivity index (χ0) is 24.9. The zero-order valence-electron chi connectivity index (χ0n) is 20.1. The van der Waals surface area contributed by atoms with Gasteiger partial charge in [-0.25, -0.2) is 9.80 Å². The number of hydrogen-bond donors (Lipinski definition) is 0. The summed E-state index contributed by atoms with van der Waals surface area (Å²) in [6.07, 6.45) is 0. The summed E-state index contributed by atoms with van der Waals surface area (Å²) in [7, 11) is 0. The van der Waals surface area contributed by atoms with Gasteiger partial charge < -0.3 is 9.47 Å². The highest BCUT2D eigenvalue weighted by atomic mass is 35.5. The summed E-state index contributed by atoms with van der Waals surface area (Å²) >= 11 is 6.76. The molecular formula is C30H25ClN2O3. The van der Waals surface area contributed by atoms with E-state index < -0.39 is 5.60 Å². The van der Waals surface area contributed by atoms with Crippen LogP contribution in [0, 0.1) is 0 Å². The number of hydrogen-bond acceptors (Lipinski definition) is 5. The molecule has 5 nitrogen and oxygen atoms in total. The quantitative estimate of drug-likeness (QED) is 0.214. The molecule has 0 aliphatic carbocycles. The lowest BCUT2D eigenvalue weighted by Crippen LogP contribution is -2.41. The summed E-state index contributed by atoms with van der Waals surface area (Å²) in [5, 5.41) is 4.94. The van der Waals surface area contributed by atoms with Gasteiger partial charge in [0.2, 0.25) is 0 Å². The van der Waals surface area contributed by atoms with Gasteiger partial charge in [0.15, 0.2) is 5.60 Å². The fourth-order valence-electron chi connectivity index (χ4n) is 5.40. The molecule has 0 amide bonds. The minimum absolute atomic E-state index is 0.364. The third-order valence-corrected chi connectivity index (χ3v) is 7.25. The molecule has 0 saturated carbocycles. The van der Waals surface area contributed by atoms with Crippen LogP contribution in [-0.2, 0) is 10.3 Å². The minimum atomic E-state index is -1.17. The maximum Gasteiger partial charge on any atom is 0.340 e. The molecule has 0 bridgehead atoms. The van der Waals surface area contributed by atoms with Crippen LogP contribution in [0.15, 0.2) is 91.0 Å². The number of halogens is 1. The molecule has 4 aromatic rings. The first-order chi connectivity index (χ1) is 17.6. The van der Waals surface area contributed by atoms with Crippen molar-refractivity contribution in [3.63, 3.8) is 0 Å². The molecule has 6 rings (SSSR count). The Labute approximate surface area is 215 Å². The number of para-hydroxylation sites is 3. The van der Waals surface area contributed by atoms with Crippen LogP contribution in [-0.4, -0.2) is 24.1 Å². The van der Waals surface area contributed by atoms with Crippen molar-refractivity contribution in [2.24, 2.45) is 0 Å². The molecule has 6 heteroatoms. The van der Waals surface area contributed by atoms with Gasteiger partial charge in [-0.2, -0.15) is 0 Å². The van der Waals surface area contributed by atoms with Gasteiger partial charge in [-0.05, 0) is 36.4 Å². The Morgan fingerprint density at radius 2 is 1.33 bits per heavy atom. The second-order valence-electron chi connectivity index (χ2n) is 8.77. The van der Waals surface area contributed by atoms with Crippen LogP contribution in [0.4, 0.5) is 11.4 Å². The Morgan fingerprint density at radius 1 is 0.750 bits per heavy atom. The van der Waals surface area contributed by atoms with Crippen molar-refractivity contribution in [3.05, 3.63) is 118 Å². The Balaban J connectivity index is 1.72. The molecule has 0 fully saturated rings. The van der Waals surface area contributed by atoms with Crippen LogP contribution >= 0.6 is 11.6 Å². The highest BCUT2D eigenvalue weighted by Crippen LogP contribution is 2.58. The van der Waals surface area contributed by atoms with Crippen LogP contribution < -0.4 is 9.75 Å². The van der Waals surface area contributed by atoms with Gasteiger partial charge in [-0.15, -0.1) is 0 Å². The van der Waals surface area contributed by atoms with Crippen LogP contribution in [0.25, 0.3) is 0 Å². The van der Waals surface area contributed by atoms with Gasteiger partial charge in [-0.3, -0.25) is 5.01 Å². The molecule has 1 spiro atoms. The van der Waals surface area contributed by atoms with E-state index in [9.17, 15) is 4.79 Å². The van der Waals surface area contributed by atoms with E-state index >= 15 is 0 Å². The molecule has 0 saturated heterocycles. The summed E-state index contributed by atoms with van der Waals surface area (Å²) in [5.74, 6) is 0.967. The number of anilines is 2. The topological polar surface area (TPSA) is 42.0 Å². The lowest BCUT2D eigenvalue weighted by molar-refractivity contribution is 0.0224. The first kappa shape index (κ1) is 22.7. The molecule has 0 radical (unpaired) electrons. The van der Waals surface area contributed by atoms with E-state index in [-0.39, 0.29) is 5.97 Å². The number of rotatable bonds is 5. The number of nitrogens with zero attached hydrogens (tertiary/aromatic N) is 2. The number of carbonyl (C=O) groups is 1. The largest absolute Gasteiger partial charge is 0.456 e. The van der Waals surface area contributed by atoms with Crippen LogP contribution in [0.2, 0.25) is 5.02 Å². The second-order valence-corrected chi connectivity index (χ2v) is 9.17. The Morgan fingerprint density at radius 3 is 1.97 bits per heavy atom. The van der Waals surface area contributed by atoms with Crippen molar-refractivity contribution in [3.8, 4) is 11.5 Å². The number of carbonyl (C=O) groups excluding carboxylic acids is 1. The Hall–Kier alpha value is -3.80. The molecule has 2 heterocycles. The average molecular weight is 497 g/mol. The predicted octanol–water partition coefficient (Wildman–Crippen LogP) is 7.30. The molecule has 2 aliphatic heterocycles. The molecule has 4 aromatic carbocycles. The molecule has 0 unspecified atom stereocenters. The van der Waals surface area contributed by atoms with Crippen molar-refractivity contribution in [1.29, 1.82) is 0 Å². The van der Waals surface area contributed by atoms with Gasteiger partial charge in [0.1, 0.15) is 11.5 Å². The Kier molecular flexibility index (Phi) is 5.47. The Bertz CT molecular complexity index is 1440. The maximum absolute atomic E-state index is 13.5. The fraction of sp³-hybridized carbons (Fsp3) is 0.167. The fourth-order valence-corrected chi connectivity index (χ4v) is 5.62. The van der Waals surface area contributed by atoms with Crippen LogP contribution in [0.5, 0.6) is 11.5 Å². The highest BCUT2D eigenvalue weighted by Gasteiger charge is 2.55. The number of hydrazine groups is 1. The van der Waals surface area contributed by atoms with Gasteiger partial charge in [0.05, 0.1) is 22.0 Å². The molecule has 2 aliphatic rings. The lowest BCUT2D eigenvalue weighted by atomic mass is 9.77. The van der Waals surface area contributed by atoms with Gasteiger partial charge in [0.25, 0.3) is 0 Å². The summed E-state index contributed by atoms with van der Waals surface area (Å²) < 4.78 is 12.7. The highest BCUT2D eigenvalue weighted by molar-refractivity contribution is 6.33. The molecule has 0 N–H and O–H groups in total. The van der Waals surface area contributed by atoms with Crippen molar-refractivity contribution >= 4 is 28.9 Å². The number of fused-ring (bicyclic) bond motifs is 6. The summed E-state index contributed by atoms with van der Waals surface area (Å²) in [6, 6.07) is 29.1. The third-order valence-electron chi connectivity index (χ3n) is 6.93. The van der Waals surface area contributed by atoms with Crippen molar-refractivity contribution in [2.45, 2.75) is 19.4 Å². The molecular weight excluding hydrogens is 472 g/mol. The van der Waals surface area contributed by atoms with E-state index in [4.69, 9.17) is 21.1 Å². The number of benzene rings is 4. The monoisotopic (exact) mass is 496 g/mol. The molecule has 0 aromatic heterocycles. The van der Waals surface area contributed by atoms with E-state index in [1.165, 1.54) is 0 Å². The lowest BCUT2D eigenvalue weighted by Gasteiger charge is -2.41. The predicted molar refractivity (Wildman–Crippen MR) is 141 cm³/mol. The minimum Gasteiger partial charge on any atom is -0.456 e. The van der Waals surface area contributed by atoms with E-state index in [2.05, 4.69) is 23.9 Å². The van der Waals surface area contributed by atoms with Crippen LogP contribution in [0.3, 0.4) is 0 Å². The third kappa shape index (κ3) is 3.16. The second kappa shape index (κ2) is 8.70. The van der Waals surface area contributed by atoms with E-state index in [0.717, 1.165) is 41.2 Å². The SMILES string of the molecule is CCN(CC)N(c1ccccc1Cl)c1cccc2c1C1(OC2=O)c2ccccc2Oc2ccccc21. The normalized spacial score (nSPS) is 14.6. The summed E-state index contributed by atoms with van der Waals surface area (Å²) in [5.41, 5.74) is 3.40. The molecule has 180 valence electrons. The first-order valence-electron chi connectivity index (χ1n) is 12.1. The van der Waals surface area contributed by atoms with Crippen molar-refractivity contribution in [1.82, 2.24) is 5.01 Å². The summed E-state index contributed by atoms with van der Waals surface area (Å²) in [6.45, 7) is 5.69. The maximum atomic E-state index is 13.5. The standard InChI is InChI=1S/C30H25ClN2O3/c1-3-32(4-2)33(24-16-8-7-15-23(24)31)25-17-11-12-20-28(25)30(36-29(20)34)21-13-5-9-18-26(21)35-27-19-10-6-14-22(27)30/h5-19H,3-4H2,1-2H3. The van der Waals surface area contributed by atoms with Crippen molar-refractivity contribution < 1.29 is 14.3 Å². The zero-order valence-corrected chi connectivity index (χ0v) is 20.8. The molecule has 36 heavy (non-hydrogen) atoms. The first-order valence-corrected chi connectivity index (χ1v) is 12.5.